The zero-order valence-electron chi connectivity index (χ0n) is 32.0. The molecule has 1 aromatic carbocycles. The number of rotatable bonds is 14. The number of hydrogen-bond acceptors (Lipinski definition) is 11. The third kappa shape index (κ3) is 10.5. The molecule has 298 valence electrons. The van der Waals surface area contributed by atoms with Crippen molar-refractivity contribution in [3.63, 3.8) is 0 Å². The Kier molecular flexibility index (Phi) is 12.8. The summed E-state index contributed by atoms with van der Waals surface area (Å²) >= 11 is 0. The van der Waals surface area contributed by atoms with Crippen LogP contribution < -0.4 is 20.7 Å². The Balaban J connectivity index is 1.58. The molecule has 16 nitrogen and oxygen atoms in total. The second kappa shape index (κ2) is 16.4. The maximum Gasteiger partial charge on any atom is 0.411 e. The van der Waals surface area contributed by atoms with Crippen molar-refractivity contribution in [2.24, 2.45) is 11.3 Å². The molecule has 3 aliphatic rings. The molecule has 0 aromatic heterocycles. The standard InChI is InChI=1S/C37H53N5O11S/c1-9-11-18-51-31(45)25-14-12-13-15-26(25)38-33(47)52-23-19-27(42(21-23)30(44)28(35(3,4)5)39-34(48)53-36(6,7)8)29(43)40-37(20-22(37)10-2)32(46)41-54(49,50)24-16-17-24/h10,12-15,22-24,27-28H,2,9,11,16-21H2,1,3-8H3,(H,38,47)(H,39,48)(H,40,43)(H,41,46). The highest BCUT2D eigenvalue weighted by atomic mass is 32.2. The molecule has 5 unspecified atom stereocenters. The second-order valence-electron chi connectivity index (χ2n) is 16.1. The normalized spacial score (nSPS) is 22.9. The first-order chi connectivity index (χ1) is 25.1. The van der Waals surface area contributed by atoms with E-state index in [1.807, 2.05) is 6.92 Å². The minimum Gasteiger partial charge on any atom is -0.462 e. The van der Waals surface area contributed by atoms with Gasteiger partial charge < -0.3 is 29.7 Å². The molecule has 0 radical (unpaired) electrons. The van der Waals surface area contributed by atoms with Gasteiger partial charge in [0, 0.05) is 12.3 Å². The third-order valence-electron chi connectivity index (χ3n) is 9.26. The molecular formula is C37H53N5O11S. The minimum atomic E-state index is -3.95. The number of ether oxygens (including phenoxy) is 3. The Bertz CT molecular complexity index is 1750. The van der Waals surface area contributed by atoms with Crippen LogP contribution in [0.1, 0.15) is 97.3 Å². The van der Waals surface area contributed by atoms with Crippen LogP contribution in [-0.2, 0) is 38.6 Å². The number of sulfonamides is 1. The van der Waals surface area contributed by atoms with Gasteiger partial charge in [0.15, 0.2) is 0 Å². The topological polar surface area (TPSA) is 216 Å². The number of carbonyl (C=O) groups excluding carboxylic acids is 6. The first-order valence-corrected chi connectivity index (χ1v) is 19.7. The molecule has 17 heteroatoms. The van der Waals surface area contributed by atoms with Crippen LogP contribution in [0.4, 0.5) is 15.3 Å². The molecule has 1 aromatic rings. The summed E-state index contributed by atoms with van der Waals surface area (Å²) in [5, 5.41) is 7.16. The Labute approximate surface area is 316 Å². The third-order valence-corrected chi connectivity index (χ3v) is 11.1. The van der Waals surface area contributed by atoms with Gasteiger partial charge in [-0.05, 0) is 64.0 Å². The van der Waals surface area contributed by atoms with Gasteiger partial charge in [-0.3, -0.25) is 24.4 Å². The van der Waals surface area contributed by atoms with Crippen molar-refractivity contribution in [2.45, 2.75) is 122 Å². The van der Waals surface area contributed by atoms with Gasteiger partial charge in [-0.25, -0.2) is 22.8 Å². The number of esters is 1. The number of carbonyl (C=O) groups is 6. The van der Waals surface area contributed by atoms with E-state index in [0.717, 1.165) is 11.3 Å². The van der Waals surface area contributed by atoms with Crippen LogP contribution in [0, 0.1) is 11.3 Å². The van der Waals surface area contributed by atoms with Gasteiger partial charge in [0.1, 0.15) is 29.3 Å². The SMILES string of the molecule is C=CC1CC1(NC(=O)C1CC(OC(=O)Nc2ccccc2C(=O)OCCCC)CN1C(=O)C(NC(=O)OC(C)(C)C)C(C)(C)C)C(=O)NS(=O)(=O)C1CC1. The molecule has 1 heterocycles. The fourth-order valence-corrected chi connectivity index (χ4v) is 7.45. The smallest absolute Gasteiger partial charge is 0.411 e. The average molecular weight is 776 g/mol. The Morgan fingerprint density at radius 2 is 1.70 bits per heavy atom. The number of anilines is 1. The molecular weight excluding hydrogens is 722 g/mol. The summed E-state index contributed by atoms with van der Waals surface area (Å²) < 4.78 is 43.8. The van der Waals surface area contributed by atoms with E-state index < -0.39 is 91.8 Å². The van der Waals surface area contributed by atoms with Gasteiger partial charge in [-0.2, -0.15) is 0 Å². The molecule has 4 rings (SSSR count). The number of nitrogens with one attached hydrogen (secondary N) is 4. The maximum absolute atomic E-state index is 14.4. The van der Waals surface area contributed by atoms with Crippen LogP contribution in [0.25, 0.3) is 0 Å². The van der Waals surface area contributed by atoms with Crippen molar-refractivity contribution in [3.05, 3.63) is 42.5 Å². The summed E-state index contributed by atoms with van der Waals surface area (Å²) in [5.41, 5.74) is -3.20. The Morgan fingerprint density at radius 3 is 2.28 bits per heavy atom. The molecule has 1 aliphatic heterocycles. The first kappa shape index (κ1) is 42.1. The highest BCUT2D eigenvalue weighted by Gasteiger charge is 2.62. The van der Waals surface area contributed by atoms with Gasteiger partial charge >= 0.3 is 18.2 Å². The quantitative estimate of drug-likeness (QED) is 0.0924. The van der Waals surface area contributed by atoms with Crippen LogP contribution in [0.3, 0.4) is 0 Å². The largest absolute Gasteiger partial charge is 0.462 e. The van der Waals surface area contributed by atoms with Gasteiger partial charge in [0.2, 0.25) is 21.8 Å². The summed E-state index contributed by atoms with van der Waals surface area (Å²) in [6.07, 6.45) is 0.708. The van der Waals surface area contributed by atoms with Crippen molar-refractivity contribution >= 4 is 51.6 Å². The van der Waals surface area contributed by atoms with Crippen LogP contribution in [0.5, 0.6) is 0 Å². The summed E-state index contributed by atoms with van der Waals surface area (Å²) in [4.78, 5) is 81.9. The molecule has 5 amide bonds. The minimum absolute atomic E-state index is 0.0718. The number of nitrogens with zero attached hydrogens (tertiary/aromatic N) is 1. The molecule has 4 N–H and O–H groups in total. The van der Waals surface area contributed by atoms with Gasteiger partial charge in [-0.1, -0.05) is 52.3 Å². The highest BCUT2D eigenvalue weighted by molar-refractivity contribution is 7.91. The maximum atomic E-state index is 14.4. The van der Waals surface area contributed by atoms with Gasteiger partial charge in [0.25, 0.3) is 5.91 Å². The number of likely N-dealkylation sites (tertiary alicyclic amines) is 1. The lowest BCUT2D eigenvalue weighted by Crippen LogP contribution is -2.60. The predicted octanol–water partition coefficient (Wildman–Crippen LogP) is 3.77. The fraction of sp³-hybridized carbons (Fsp3) is 0.622. The molecule has 0 spiro atoms. The van der Waals surface area contributed by atoms with Crippen LogP contribution in [-0.4, -0.2) is 96.9 Å². The zero-order valence-corrected chi connectivity index (χ0v) is 32.8. The number of amides is 5. The number of alkyl carbamates (subject to hydrolysis) is 1. The first-order valence-electron chi connectivity index (χ1n) is 18.2. The van der Waals surface area contributed by atoms with Crippen molar-refractivity contribution in [1.82, 2.24) is 20.3 Å². The van der Waals surface area contributed by atoms with E-state index in [-0.39, 0.29) is 37.2 Å². The van der Waals surface area contributed by atoms with E-state index in [2.05, 4.69) is 27.3 Å². The van der Waals surface area contributed by atoms with E-state index >= 15 is 0 Å². The summed E-state index contributed by atoms with van der Waals surface area (Å²) in [6, 6.07) is 3.66. The average Bonchev–Trinajstić information content (AvgIpc) is 3.99. The van der Waals surface area contributed by atoms with Crippen molar-refractivity contribution in [3.8, 4) is 0 Å². The number of para-hydroxylation sites is 1. The Morgan fingerprint density at radius 1 is 1.04 bits per heavy atom. The van der Waals surface area contributed by atoms with E-state index in [1.54, 1.807) is 53.7 Å². The lowest BCUT2D eigenvalue weighted by Gasteiger charge is -2.36. The summed E-state index contributed by atoms with van der Waals surface area (Å²) in [7, 11) is -3.95. The number of hydrogen-bond donors (Lipinski definition) is 4. The molecule has 1 saturated heterocycles. The summed E-state index contributed by atoms with van der Waals surface area (Å²) in [5.74, 6) is -3.64. The molecule has 2 saturated carbocycles. The molecule has 5 atom stereocenters. The van der Waals surface area contributed by atoms with Gasteiger partial charge in [0.05, 0.1) is 29.7 Å². The van der Waals surface area contributed by atoms with Crippen LogP contribution in [0.15, 0.2) is 36.9 Å². The molecule has 2 aliphatic carbocycles. The van der Waals surface area contributed by atoms with E-state index in [1.165, 1.54) is 18.2 Å². The lowest BCUT2D eigenvalue weighted by atomic mass is 9.85. The highest BCUT2D eigenvalue weighted by Crippen LogP contribution is 2.45. The fourth-order valence-electron chi connectivity index (χ4n) is 6.08. The van der Waals surface area contributed by atoms with Crippen LogP contribution in [0.2, 0.25) is 0 Å². The molecule has 54 heavy (non-hydrogen) atoms. The van der Waals surface area contributed by atoms with E-state index in [0.29, 0.717) is 19.3 Å². The zero-order chi connectivity index (χ0) is 40.2. The monoisotopic (exact) mass is 775 g/mol. The summed E-state index contributed by atoms with van der Waals surface area (Å²) in [6.45, 7) is 15.7. The second-order valence-corrected chi connectivity index (χ2v) is 18.0. The molecule has 0 bridgehead atoms. The van der Waals surface area contributed by atoms with E-state index in [4.69, 9.17) is 14.2 Å². The van der Waals surface area contributed by atoms with Crippen LogP contribution >= 0.6 is 0 Å². The van der Waals surface area contributed by atoms with Crippen molar-refractivity contribution in [1.29, 1.82) is 0 Å². The molecule has 3 fully saturated rings. The number of benzene rings is 1. The van der Waals surface area contributed by atoms with E-state index in [9.17, 15) is 37.2 Å². The number of unbranched alkanes of at least 4 members (excludes halogenated alkanes) is 1. The predicted molar refractivity (Wildman–Crippen MR) is 198 cm³/mol. The lowest BCUT2D eigenvalue weighted by molar-refractivity contribution is -0.143. The van der Waals surface area contributed by atoms with Crippen molar-refractivity contribution in [2.75, 3.05) is 18.5 Å². The Hall–Kier alpha value is -4.67. The van der Waals surface area contributed by atoms with Gasteiger partial charge in [-0.15, -0.1) is 6.58 Å². The van der Waals surface area contributed by atoms with Crippen molar-refractivity contribution < 1.29 is 51.4 Å².